The predicted molar refractivity (Wildman–Crippen MR) is 70.2 cm³/mol. The quantitative estimate of drug-likeness (QED) is 0.511. The van der Waals surface area contributed by atoms with Crippen LogP contribution < -0.4 is 16.4 Å². The van der Waals surface area contributed by atoms with E-state index < -0.39 is 35.9 Å². The summed E-state index contributed by atoms with van der Waals surface area (Å²) < 4.78 is 62.0. The van der Waals surface area contributed by atoms with E-state index in [1.54, 1.807) is 0 Å². The van der Waals surface area contributed by atoms with E-state index >= 15 is 0 Å². The van der Waals surface area contributed by atoms with Crippen molar-refractivity contribution < 1.29 is 31.5 Å². The van der Waals surface area contributed by atoms with Gasteiger partial charge in [0.2, 0.25) is 11.8 Å². The fraction of sp³-hybridized carbons (Fsp3) is 0.417. The Kier molecular flexibility index (Phi) is 5.13. The van der Waals surface area contributed by atoms with Gasteiger partial charge in [0.05, 0.1) is 12.2 Å². The van der Waals surface area contributed by atoms with Gasteiger partial charge in [-0.2, -0.15) is 22.0 Å². The Balaban J connectivity index is 3.00. The Morgan fingerprint density at radius 3 is 2.43 bits per heavy atom. The largest absolute Gasteiger partial charge is 0.455 e. The maximum absolute atomic E-state index is 12.9. The lowest BCUT2D eigenvalue weighted by Crippen LogP contribution is -2.55. The molecule has 128 valence electrons. The monoisotopic (exact) mass is 340 g/mol. The van der Waals surface area contributed by atoms with Crippen molar-refractivity contribution in [3.63, 3.8) is 0 Å². The maximum Gasteiger partial charge on any atom is 0.455 e. The normalized spacial score (nSPS) is 17.6. The molecule has 1 atom stereocenters. The number of rotatable bonds is 5. The fourth-order valence-corrected chi connectivity index (χ4v) is 1.49. The zero-order valence-corrected chi connectivity index (χ0v) is 11.7. The third-order valence-electron chi connectivity index (χ3n) is 3.08. The first-order chi connectivity index (χ1) is 10.4. The van der Waals surface area contributed by atoms with Gasteiger partial charge in [0, 0.05) is 18.6 Å². The summed E-state index contributed by atoms with van der Waals surface area (Å²) in [7, 11) is 0. The van der Waals surface area contributed by atoms with Crippen LogP contribution in [0.25, 0.3) is 0 Å². The molecule has 1 aliphatic rings. The second-order valence-corrected chi connectivity index (χ2v) is 4.72. The molecule has 11 heteroatoms. The smallest absolute Gasteiger partial charge is 0.368 e. The van der Waals surface area contributed by atoms with Crippen LogP contribution in [-0.4, -0.2) is 36.7 Å². The number of nitrogens with two attached hydrogens (primary N) is 1. The third-order valence-corrected chi connectivity index (χ3v) is 3.08. The van der Waals surface area contributed by atoms with E-state index in [4.69, 9.17) is 5.73 Å². The first kappa shape index (κ1) is 18.6. The highest BCUT2D eigenvalue weighted by Crippen LogP contribution is 2.35. The van der Waals surface area contributed by atoms with Crippen molar-refractivity contribution in [3.8, 4) is 0 Å². The zero-order chi connectivity index (χ0) is 17.9. The first-order valence-corrected chi connectivity index (χ1v) is 6.11. The van der Waals surface area contributed by atoms with Crippen molar-refractivity contribution >= 4 is 18.0 Å². The topological polar surface area (TPSA) is 96.6 Å². The Bertz CT molecular complexity index is 582. The molecule has 0 radical (unpaired) electrons. The summed E-state index contributed by atoms with van der Waals surface area (Å²) in [6.45, 7) is -1.05. The van der Waals surface area contributed by atoms with Crippen LogP contribution >= 0.6 is 0 Å². The predicted octanol–water partition coefficient (Wildman–Crippen LogP) is 0.821. The number of nitrogens with one attached hydrogen (secondary N) is 2. The van der Waals surface area contributed by atoms with E-state index in [0.29, 0.717) is 0 Å². The van der Waals surface area contributed by atoms with Gasteiger partial charge in [-0.1, -0.05) is 0 Å². The standard InChI is InChI=1S/C12H13F5N4O2/c1-10(8(18)22,7-5-19-3-2-4-20-7)9(23)21-6-11(13,14)12(15,16)17/h2-5,20H,6H2,1H3,(H2,18,22)(H,21,23). The van der Waals surface area contributed by atoms with Gasteiger partial charge >= 0.3 is 12.1 Å². The van der Waals surface area contributed by atoms with Crippen molar-refractivity contribution in [2.24, 2.45) is 16.1 Å². The average Bonchev–Trinajstić information content (AvgIpc) is 2.71. The van der Waals surface area contributed by atoms with Gasteiger partial charge in [0.25, 0.3) is 0 Å². The molecule has 0 spiro atoms. The molecule has 0 aromatic carbocycles. The second-order valence-electron chi connectivity index (χ2n) is 4.72. The molecule has 6 nitrogen and oxygen atoms in total. The molecule has 1 aliphatic heterocycles. The van der Waals surface area contributed by atoms with Gasteiger partial charge in [-0.15, -0.1) is 0 Å². The summed E-state index contributed by atoms with van der Waals surface area (Å²) in [4.78, 5) is 27.3. The van der Waals surface area contributed by atoms with Gasteiger partial charge < -0.3 is 16.4 Å². The number of hydrogen-bond donors (Lipinski definition) is 3. The van der Waals surface area contributed by atoms with Crippen LogP contribution in [0.5, 0.6) is 0 Å². The van der Waals surface area contributed by atoms with Crippen LogP contribution in [0.4, 0.5) is 22.0 Å². The summed E-state index contributed by atoms with van der Waals surface area (Å²) in [5.41, 5.74) is 2.72. The summed E-state index contributed by atoms with van der Waals surface area (Å²) in [6, 6.07) is 0. The van der Waals surface area contributed by atoms with Gasteiger partial charge in [-0.05, 0) is 13.0 Å². The van der Waals surface area contributed by atoms with Crippen LogP contribution in [-0.2, 0) is 9.59 Å². The number of halogens is 5. The van der Waals surface area contributed by atoms with Crippen LogP contribution in [0.3, 0.4) is 0 Å². The molecule has 0 aromatic heterocycles. The zero-order valence-electron chi connectivity index (χ0n) is 11.7. The lowest BCUT2D eigenvalue weighted by Gasteiger charge is -2.28. The lowest BCUT2D eigenvalue weighted by molar-refractivity contribution is -0.278. The minimum absolute atomic E-state index is 0.178. The van der Waals surface area contributed by atoms with Gasteiger partial charge in [0.1, 0.15) is 0 Å². The third kappa shape index (κ3) is 3.85. The Morgan fingerprint density at radius 1 is 1.30 bits per heavy atom. The molecular weight excluding hydrogens is 327 g/mol. The molecule has 1 unspecified atom stereocenters. The Hall–Kier alpha value is -2.46. The molecule has 0 saturated carbocycles. The maximum atomic E-state index is 12.9. The van der Waals surface area contributed by atoms with E-state index in [-0.39, 0.29) is 5.70 Å². The molecule has 0 bridgehead atoms. The van der Waals surface area contributed by atoms with Gasteiger partial charge in [-0.3, -0.25) is 14.6 Å². The van der Waals surface area contributed by atoms with E-state index in [1.165, 1.54) is 23.8 Å². The second kappa shape index (κ2) is 6.34. The highest BCUT2D eigenvalue weighted by atomic mass is 19.4. The number of aliphatic imine (C=N–C) groups is 1. The number of carbonyl (C=O) groups excluding carboxylic acids is 2. The molecule has 23 heavy (non-hydrogen) atoms. The van der Waals surface area contributed by atoms with Crippen molar-refractivity contribution in [3.05, 3.63) is 24.2 Å². The number of primary amides is 1. The molecule has 0 aliphatic carbocycles. The lowest BCUT2D eigenvalue weighted by atomic mass is 9.84. The van der Waals surface area contributed by atoms with E-state index in [9.17, 15) is 31.5 Å². The SMILES string of the molecule is CC(C(N)=O)(C(=O)NCC(F)(F)C(F)(F)F)C1=CN=CC=CN1. The molecule has 0 aromatic rings. The Labute approximate surface area is 127 Å². The van der Waals surface area contributed by atoms with Crippen LogP contribution in [0.15, 0.2) is 29.2 Å². The van der Waals surface area contributed by atoms with Crippen molar-refractivity contribution in [1.82, 2.24) is 10.6 Å². The molecule has 2 amide bonds. The van der Waals surface area contributed by atoms with E-state index in [1.807, 2.05) is 0 Å². The number of allylic oxidation sites excluding steroid dienone is 1. The molecular formula is C12H13F5N4O2. The van der Waals surface area contributed by atoms with E-state index in [0.717, 1.165) is 13.1 Å². The van der Waals surface area contributed by atoms with Crippen molar-refractivity contribution in [2.45, 2.75) is 19.0 Å². The van der Waals surface area contributed by atoms with Gasteiger partial charge in [0.15, 0.2) is 5.41 Å². The summed E-state index contributed by atoms with van der Waals surface area (Å²) >= 11 is 0. The summed E-state index contributed by atoms with van der Waals surface area (Å²) in [6.07, 6.45) is -0.832. The van der Waals surface area contributed by atoms with Crippen molar-refractivity contribution in [1.29, 1.82) is 0 Å². The summed E-state index contributed by atoms with van der Waals surface area (Å²) in [5, 5.41) is 3.90. The number of nitrogens with zero attached hydrogens (tertiary/aromatic N) is 1. The molecule has 0 saturated heterocycles. The van der Waals surface area contributed by atoms with Crippen LogP contribution in [0.1, 0.15) is 6.92 Å². The number of amides is 2. The van der Waals surface area contributed by atoms with E-state index in [2.05, 4.69) is 10.3 Å². The summed E-state index contributed by atoms with van der Waals surface area (Å²) in [5.74, 6) is -7.82. The van der Waals surface area contributed by atoms with Crippen LogP contribution in [0.2, 0.25) is 0 Å². The van der Waals surface area contributed by atoms with Gasteiger partial charge in [-0.25, -0.2) is 0 Å². The fourth-order valence-electron chi connectivity index (χ4n) is 1.49. The average molecular weight is 340 g/mol. The molecule has 1 rings (SSSR count). The van der Waals surface area contributed by atoms with Crippen molar-refractivity contribution in [2.75, 3.05) is 6.54 Å². The Morgan fingerprint density at radius 2 is 1.91 bits per heavy atom. The minimum Gasteiger partial charge on any atom is -0.368 e. The first-order valence-electron chi connectivity index (χ1n) is 6.11. The number of carbonyl (C=O) groups is 2. The highest BCUT2D eigenvalue weighted by Gasteiger charge is 2.58. The number of alkyl halides is 5. The number of hydrogen-bond acceptors (Lipinski definition) is 4. The molecule has 1 heterocycles. The molecule has 0 fully saturated rings. The van der Waals surface area contributed by atoms with Crippen LogP contribution in [0, 0.1) is 5.41 Å². The minimum atomic E-state index is -5.84. The highest BCUT2D eigenvalue weighted by molar-refractivity contribution is 6.07. The molecule has 4 N–H and O–H groups in total.